The average molecular weight is 438 g/mol. The van der Waals surface area contributed by atoms with Crippen molar-refractivity contribution in [1.29, 1.82) is 0 Å². The zero-order chi connectivity index (χ0) is 21.4. The van der Waals surface area contributed by atoms with Gasteiger partial charge in [0.25, 0.3) is 5.69 Å². The fourth-order valence-corrected chi connectivity index (χ4v) is 4.64. The lowest BCUT2D eigenvalue weighted by molar-refractivity contribution is -0.384. The second-order valence-electron chi connectivity index (χ2n) is 7.44. The summed E-state index contributed by atoms with van der Waals surface area (Å²) in [5, 5.41) is 16.6. The number of aromatic nitrogens is 3. The van der Waals surface area contributed by atoms with Crippen molar-refractivity contribution in [2.45, 2.75) is 6.54 Å². The zero-order valence-corrected chi connectivity index (χ0v) is 17.3. The van der Waals surface area contributed by atoms with Gasteiger partial charge in [0.1, 0.15) is 5.82 Å². The number of benzene rings is 2. The molecule has 8 nitrogen and oxygen atoms in total. The summed E-state index contributed by atoms with van der Waals surface area (Å²) < 4.78 is 14.9. The molecule has 0 radical (unpaired) electrons. The molecule has 2 aromatic carbocycles. The lowest BCUT2D eigenvalue weighted by atomic mass is 10.2. The lowest BCUT2D eigenvalue weighted by Crippen LogP contribution is -2.46. The average Bonchev–Trinajstić information content (AvgIpc) is 3.34. The van der Waals surface area contributed by atoms with Crippen molar-refractivity contribution in [2.24, 2.45) is 0 Å². The Morgan fingerprint density at radius 3 is 2.58 bits per heavy atom. The number of hydrogen-bond acceptors (Lipinski definition) is 7. The summed E-state index contributed by atoms with van der Waals surface area (Å²) in [5.41, 5.74) is 2.70. The van der Waals surface area contributed by atoms with Crippen molar-refractivity contribution in [3.8, 4) is 11.3 Å². The van der Waals surface area contributed by atoms with Crippen LogP contribution >= 0.6 is 11.3 Å². The van der Waals surface area contributed by atoms with Crippen molar-refractivity contribution >= 4 is 27.1 Å². The molecule has 158 valence electrons. The molecule has 0 N–H and O–H groups in total. The van der Waals surface area contributed by atoms with Crippen LogP contribution in [0.4, 0.5) is 15.2 Å². The monoisotopic (exact) mass is 438 g/mol. The summed E-state index contributed by atoms with van der Waals surface area (Å²) in [6, 6.07) is 13.1. The number of nitrogens with zero attached hydrogens (tertiary/aromatic N) is 6. The van der Waals surface area contributed by atoms with E-state index >= 15 is 0 Å². The Balaban J connectivity index is 1.23. The van der Waals surface area contributed by atoms with Crippen LogP contribution < -0.4 is 4.90 Å². The minimum atomic E-state index is -0.359. The Kier molecular flexibility index (Phi) is 5.08. The van der Waals surface area contributed by atoms with E-state index in [9.17, 15) is 14.5 Å². The van der Waals surface area contributed by atoms with E-state index in [0.29, 0.717) is 6.54 Å². The Bertz CT molecular complexity index is 1200. The van der Waals surface area contributed by atoms with Gasteiger partial charge in [0.15, 0.2) is 0 Å². The number of nitro benzene ring substituents is 1. The normalized spacial score (nSPS) is 14.9. The van der Waals surface area contributed by atoms with Crippen LogP contribution in [0.25, 0.3) is 16.2 Å². The number of nitro groups is 1. The minimum Gasteiger partial charge on any atom is -0.344 e. The topological polar surface area (TPSA) is 79.8 Å². The van der Waals surface area contributed by atoms with Crippen LogP contribution in [0.1, 0.15) is 5.56 Å². The van der Waals surface area contributed by atoms with Gasteiger partial charge in [-0.1, -0.05) is 23.5 Å². The highest BCUT2D eigenvalue weighted by Crippen LogP contribution is 2.27. The van der Waals surface area contributed by atoms with E-state index in [4.69, 9.17) is 0 Å². The maximum atomic E-state index is 13.1. The third-order valence-electron chi connectivity index (χ3n) is 5.34. The van der Waals surface area contributed by atoms with Crippen molar-refractivity contribution in [2.75, 3.05) is 31.1 Å². The molecule has 0 unspecified atom stereocenters. The number of halogens is 1. The van der Waals surface area contributed by atoms with Gasteiger partial charge in [-0.15, -0.1) is 5.10 Å². The summed E-state index contributed by atoms with van der Waals surface area (Å²) in [4.78, 5) is 20.6. The van der Waals surface area contributed by atoms with Gasteiger partial charge < -0.3 is 4.90 Å². The molecule has 10 heteroatoms. The molecule has 0 spiro atoms. The van der Waals surface area contributed by atoms with E-state index in [1.165, 1.54) is 29.5 Å². The SMILES string of the molecule is O=[N+]([O-])c1cccc(CN2CCN(c3nn4cc(-c5ccc(F)cc5)nc4s3)CC2)c1. The van der Waals surface area contributed by atoms with Gasteiger partial charge in [0.05, 0.1) is 16.8 Å². The van der Waals surface area contributed by atoms with Gasteiger partial charge in [-0.25, -0.2) is 13.9 Å². The van der Waals surface area contributed by atoms with E-state index in [1.54, 1.807) is 28.8 Å². The van der Waals surface area contributed by atoms with E-state index in [-0.39, 0.29) is 16.4 Å². The number of hydrogen-bond donors (Lipinski definition) is 0. The standard InChI is InChI=1S/C21H19FN6O2S/c22-17-6-4-16(5-7-17)19-14-27-20(23-19)31-21(24-27)26-10-8-25(9-11-26)13-15-2-1-3-18(12-15)28(29)30/h1-7,12,14H,8-11,13H2. The molecule has 0 saturated carbocycles. The molecule has 1 fully saturated rings. The van der Waals surface area contributed by atoms with Crippen molar-refractivity contribution in [3.63, 3.8) is 0 Å². The summed E-state index contributed by atoms with van der Waals surface area (Å²) in [6.45, 7) is 4.06. The first-order valence-electron chi connectivity index (χ1n) is 9.88. The number of piperazine rings is 1. The van der Waals surface area contributed by atoms with Crippen LogP contribution in [0.2, 0.25) is 0 Å². The van der Waals surface area contributed by atoms with E-state index < -0.39 is 0 Å². The van der Waals surface area contributed by atoms with Gasteiger partial charge in [-0.05, 0) is 29.8 Å². The Morgan fingerprint density at radius 1 is 1.10 bits per heavy atom. The number of imidazole rings is 1. The highest BCUT2D eigenvalue weighted by molar-refractivity contribution is 7.20. The molecular formula is C21H19FN6O2S. The zero-order valence-electron chi connectivity index (χ0n) is 16.5. The van der Waals surface area contributed by atoms with Crippen LogP contribution in [0.15, 0.2) is 54.7 Å². The highest BCUT2D eigenvalue weighted by Gasteiger charge is 2.21. The molecule has 1 saturated heterocycles. The smallest absolute Gasteiger partial charge is 0.269 e. The Morgan fingerprint density at radius 2 is 1.87 bits per heavy atom. The quantitative estimate of drug-likeness (QED) is 0.348. The van der Waals surface area contributed by atoms with Crippen molar-refractivity contribution in [3.05, 3.63) is 76.2 Å². The molecule has 4 aromatic rings. The maximum absolute atomic E-state index is 13.1. The van der Waals surface area contributed by atoms with Crippen LogP contribution in [-0.4, -0.2) is 50.6 Å². The predicted octanol–water partition coefficient (Wildman–Crippen LogP) is 3.83. The predicted molar refractivity (Wildman–Crippen MR) is 117 cm³/mol. The van der Waals surface area contributed by atoms with E-state index in [0.717, 1.165) is 53.1 Å². The number of rotatable bonds is 5. The fraction of sp³-hybridized carbons (Fsp3) is 0.238. The third-order valence-corrected chi connectivity index (χ3v) is 6.33. The molecule has 0 aliphatic carbocycles. The van der Waals surface area contributed by atoms with Gasteiger partial charge in [-0.3, -0.25) is 15.0 Å². The summed E-state index contributed by atoms with van der Waals surface area (Å²) >= 11 is 1.53. The largest absolute Gasteiger partial charge is 0.344 e. The van der Waals surface area contributed by atoms with Crippen molar-refractivity contribution < 1.29 is 9.31 Å². The molecule has 5 rings (SSSR count). The second-order valence-corrected chi connectivity index (χ2v) is 8.37. The molecule has 2 aromatic heterocycles. The molecular weight excluding hydrogens is 419 g/mol. The van der Waals surface area contributed by atoms with Crippen LogP contribution in [0, 0.1) is 15.9 Å². The van der Waals surface area contributed by atoms with Crippen LogP contribution in [0.5, 0.6) is 0 Å². The summed E-state index contributed by atoms with van der Waals surface area (Å²) in [5.74, 6) is -0.269. The van der Waals surface area contributed by atoms with Crippen LogP contribution in [0.3, 0.4) is 0 Å². The summed E-state index contributed by atoms with van der Waals surface area (Å²) in [6.07, 6.45) is 1.86. The number of non-ortho nitro benzene ring substituents is 1. The van der Waals surface area contributed by atoms with Crippen LogP contribution in [-0.2, 0) is 6.54 Å². The molecule has 1 aliphatic rings. The minimum absolute atomic E-state index is 0.127. The summed E-state index contributed by atoms with van der Waals surface area (Å²) in [7, 11) is 0. The maximum Gasteiger partial charge on any atom is 0.269 e. The van der Waals surface area contributed by atoms with Crippen molar-refractivity contribution in [1.82, 2.24) is 19.5 Å². The molecule has 31 heavy (non-hydrogen) atoms. The third kappa shape index (κ3) is 4.12. The molecule has 3 heterocycles. The first-order chi connectivity index (χ1) is 15.0. The Labute approximate surface area is 181 Å². The van der Waals surface area contributed by atoms with E-state index in [2.05, 4.69) is 19.9 Å². The van der Waals surface area contributed by atoms with Gasteiger partial charge in [0.2, 0.25) is 10.1 Å². The van der Waals surface area contributed by atoms with Gasteiger partial charge >= 0.3 is 0 Å². The Hall–Kier alpha value is -3.37. The lowest BCUT2D eigenvalue weighted by Gasteiger charge is -2.34. The first-order valence-corrected chi connectivity index (χ1v) is 10.7. The molecule has 0 atom stereocenters. The molecule has 0 amide bonds. The fourth-order valence-electron chi connectivity index (χ4n) is 3.70. The first kappa shape index (κ1) is 19.6. The molecule has 1 aliphatic heterocycles. The second kappa shape index (κ2) is 8.05. The molecule has 0 bridgehead atoms. The number of fused-ring (bicyclic) bond motifs is 1. The number of anilines is 1. The van der Waals surface area contributed by atoms with Gasteiger partial charge in [-0.2, -0.15) is 0 Å². The highest BCUT2D eigenvalue weighted by atomic mass is 32.1. The van der Waals surface area contributed by atoms with E-state index in [1.807, 2.05) is 12.3 Å². The van der Waals surface area contributed by atoms with Gasteiger partial charge in [0, 0.05) is 50.4 Å².